The second-order valence-electron chi connectivity index (χ2n) is 4.41. The van der Waals surface area contributed by atoms with E-state index in [-0.39, 0.29) is 12.5 Å². The number of rotatable bonds is 1. The van der Waals surface area contributed by atoms with E-state index in [0.29, 0.717) is 6.61 Å². The molecule has 4 nitrogen and oxygen atoms in total. The van der Waals surface area contributed by atoms with E-state index < -0.39 is 23.9 Å². The summed E-state index contributed by atoms with van der Waals surface area (Å²) in [6.07, 6.45) is 0.0335. The van der Waals surface area contributed by atoms with Gasteiger partial charge in [0, 0.05) is 6.42 Å². The lowest BCUT2D eigenvalue weighted by Gasteiger charge is -2.30. The van der Waals surface area contributed by atoms with Crippen molar-refractivity contribution >= 4 is 5.91 Å². The second kappa shape index (κ2) is 2.67. The van der Waals surface area contributed by atoms with Gasteiger partial charge in [-0.1, -0.05) is 0 Å². The number of aliphatic hydroxyl groups excluding tert-OH is 1. The molecule has 0 unspecified atom stereocenters. The number of alkyl halides is 1. The minimum absolute atomic E-state index is 0.0335. The van der Waals surface area contributed by atoms with Crippen molar-refractivity contribution in [2.24, 2.45) is 0 Å². The molecule has 0 aromatic carbocycles. The van der Waals surface area contributed by atoms with Crippen molar-refractivity contribution in [3.63, 3.8) is 0 Å². The summed E-state index contributed by atoms with van der Waals surface area (Å²) >= 11 is 0. The number of hydrogen-bond donors (Lipinski definition) is 1. The summed E-state index contributed by atoms with van der Waals surface area (Å²) in [6, 6.07) is -0.227. The number of ether oxygens (including phenoxy) is 1. The molecule has 2 atom stereocenters. The first kappa shape index (κ1) is 9.86. The van der Waals surface area contributed by atoms with Gasteiger partial charge in [-0.3, -0.25) is 4.79 Å². The highest BCUT2D eigenvalue weighted by atomic mass is 19.1. The molecule has 2 fully saturated rings. The van der Waals surface area contributed by atoms with E-state index in [1.54, 1.807) is 13.8 Å². The Morgan fingerprint density at radius 2 is 2.36 bits per heavy atom. The molecule has 0 radical (unpaired) electrons. The molecule has 2 aliphatic rings. The number of nitrogens with zero attached hydrogens (tertiary/aromatic N) is 1. The summed E-state index contributed by atoms with van der Waals surface area (Å²) in [4.78, 5) is 13.1. The first-order chi connectivity index (χ1) is 6.41. The van der Waals surface area contributed by atoms with Crippen molar-refractivity contribution in [1.29, 1.82) is 0 Å². The Morgan fingerprint density at radius 3 is 2.86 bits per heavy atom. The average Bonchev–Trinajstić information content (AvgIpc) is 2.53. The van der Waals surface area contributed by atoms with E-state index in [1.165, 1.54) is 4.90 Å². The van der Waals surface area contributed by atoms with E-state index in [9.17, 15) is 9.18 Å². The molecule has 0 saturated carbocycles. The maximum absolute atomic E-state index is 13.8. The van der Waals surface area contributed by atoms with Crippen molar-refractivity contribution in [3.8, 4) is 0 Å². The van der Waals surface area contributed by atoms with Crippen LogP contribution in [-0.4, -0.2) is 46.6 Å². The molecule has 0 bridgehead atoms. The lowest BCUT2D eigenvalue weighted by atomic mass is 10.0. The fourth-order valence-corrected chi connectivity index (χ4v) is 2.25. The Bertz CT molecular complexity index is 281. The Kier molecular flexibility index (Phi) is 1.88. The van der Waals surface area contributed by atoms with Gasteiger partial charge in [-0.05, 0) is 13.8 Å². The Hall–Kier alpha value is -0.680. The van der Waals surface area contributed by atoms with Crippen LogP contribution in [0.3, 0.4) is 0 Å². The molecule has 0 aromatic heterocycles. The van der Waals surface area contributed by atoms with Crippen molar-refractivity contribution < 1.29 is 19.0 Å². The van der Waals surface area contributed by atoms with Gasteiger partial charge in [0.05, 0.1) is 19.3 Å². The maximum atomic E-state index is 13.8. The zero-order valence-electron chi connectivity index (χ0n) is 8.29. The van der Waals surface area contributed by atoms with Crippen LogP contribution in [0.5, 0.6) is 0 Å². The average molecular weight is 203 g/mol. The number of amides is 1. The maximum Gasteiger partial charge on any atom is 0.265 e. The second-order valence-corrected chi connectivity index (χ2v) is 4.41. The summed E-state index contributed by atoms with van der Waals surface area (Å²) < 4.78 is 19.2. The van der Waals surface area contributed by atoms with Gasteiger partial charge in [0.2, 0.25) is 5.67 Å². The van der Waals surface area contributed by atoms with Gasteiger partial charge >= 0.3 is 0 Å². The van der Waals surface area contributed by atoms with E-state index >= 15 is 0 Å². The highest BCUT2D eigenvalue weighted by Crippen LogP contribution is 2.41. The van der Waals surface area contributed by atoms with Crippen LogP contribution >= 0.6 is 0 Å². The molecule has 2 aliphatic heterocycles. The molecule has 0 aromatic rings. The van der Waals surface area contributed by atoms with E-state index in [0.717, 1.165) is 0 Å². The molecule has 2 heterocycles. The number of carbonyl (C=O) groups excluding carboxylic acids is 1. The van der Waals surface area contributed by atoms with Gasteiger partial charge < -0.3 is 14.7 Å². The van der Waals surface area contributed by atoms with Crippen LogP contribution in [0.4, 0.5) is 4.39 Å². The smallest absolute Gasteiger partial charge is 0.265 e. The summed E-state index contributed by atoms with van der Waals surface area (Å²) in [7, 11) is 0. The third kappa shape index (κ3) is 1.09. The molecular weight excluding hydrogens is 189 g/mol. The van der Waals surface area contributed by atoms with Crippen molar-refractivity contribution in [1.82, 2.24) is 4.90 Å². The van der Waals surface area contributed by atoms with Crippen LogP contribution < -0.4 is 0 Å². The predicted molar refractivity (Wildman–Crippen MR) is 46.2 cm³/mol. The molecule has 0 spiro atoms. The largest absolute Gasteiger partial charge is 0.392 e. The number of carbonyl (C=O) groups is 1. The third-order valence-electron chi connectivity index (χ3n) is 2.99. The first-order valence-corrected chi connectivity index (χ1v) is 4.68. The molecular formula is C9H14FNO3. The molecule has 0 aliphatic carbocycles. The van der Waals surface area contributed by atoms with Crippen molar-refractivity contribution in [2.45, 2.75) is 37.7 Å². The molecule has 2 saturated heterocycles. The Morgan fingerprint density at radius 1 is 1.71 bits per heavy atom. The van der Waals surface area contributed by atoms with E-state index in [1.807, 2.05) is 0 Å². The highest BCUT2D eigenvalue weighted by Gasteiger charge is 2.59. The molecule has 14 heavy (non-hydrogen) atoms. The number of halogens is 1. The summed E-state index contributed by atoms with van der Waals surface area (Å²) in [5.74, 6) is -0.646. The molecule has 1 amide bonds. The van der Waals surface area contributed by atoms with Gasteiger partial charge in [-0.15, -0.1) is 0 Å². The van der Waals surface area contributed by atoms with E-state index in [2.05, 4.69) is 0 Å². The number of aliphatic hydroxyl groups is 1. The zero-order chi connectivity index (χ0) is 10.6. The standard InChI is InChI=1S/C9H14FNO3/c1-8(2)11-6(4-14-8)3-9(10,5-12)7(11)13/h6,12H,3-5H2,1-2H3/t6-,9-/m0/s1. The molecule has 2 rings (SSSR count). The van der Waals surface area contributed by atoms with Gasteiger partial charge in [-0.25, -0.2) is 4.39 Å². The Balaban J connectivity index is 2.30. The van der Waals surface area contributed by atoms with E-state index in [4.69, 9.17) is 9.84 Å². The monoisotopic (exact) mass is 203 g/mol. The van der Waals surface area contributed by atoms with Crippen molar-refractivity contribution in [3.05, 3.63) is 0 Å². The topological polar surface area (TPSA) is 49.8 Å². The minimum Gasteiger partial charge on any atom is -0.392 e. The van der Waals surface area contributed by atoms with Crippen LogP contribution in [0.15, 0.2) is 0 Å². The van der Waals surface area contributed by atoms with Gasteiger partial charge in [0.15, 0.2) is 0 Å². The number of hydrogen-bond acceptors (Lipinski definition) is 3. The molecule has 1 N–H and O–H groups in total. The summed E-state index contributed by atoms with van der Waals surface area (Å²) in [6.45, 7) is 3.07. The van der Waals surface area contributed by atoms with Gasteiger partial charge in [0.1, 0.15) is 5.72 Å². The lowest BCUT2D eigenvalue weighted by molar-refractivity contribution is -0.153. The highest BCUT2D eigenvalue weighted by molar-refractivity contribution is 5.88. The third-order valence-corrected chi connectivity index (χ3v) is 2.99. The van der Waals surface area contributed by atoms with Gasteiger partial charge in [0.25, 0.3) is 5.91 Å². The van der Waals surface area contributed by atoms with Crippen LogP contribution in [-0.2, 0) is 9.53 Å². The van der Waals surface area contributed by atoms with Gasteiger partial charge in [-0.2, -0.15) is 0 Å². The molecule has 80 valence electrons. The minimum atomic E-state index is -2.09. The zero-order valence-corrected chi connectivity index (χ0v) is 8.29. The fraction of sp³-hybridized carbons (Fsp3) is 0.889. The van der Waals surface area contributed by atoms with Crippen LogP contribution in [0, 0.1) is 0 Å². The quantitative estimate of drug-likeness (QED) is 0.655. The van der Waals surface area contributed by atoms with Crippen LogP contribution in [0.2, 0.25) is 0 Å². The SMILES string of the molecule is CC1(C)OC[C@@H]2C[C@](F)(CO)C(=O)N21. The van der Waals surface area contributed by atoms with Crippen LogP contribution in [0.1, 0.15) is 20.3 Å². The lowest BCUT2D eigenvalue weighted by Crippen LogP contribution is -2.48. The molecule has 5 heteroatoms. The van der Waals surface area contributed by atoms with Crippen molar-refractivity contribution in [2.75, 3.05) is 13.2 Å². The first-order valence-electron chi connectivity index (χ1n) is 4.68. The normalized spacial score (nSPS) is 40.4. The number of fused-ring (bicyclic) bond motifs is 1. The summed E-state index contributed by atoms with van der Waals surface area (Å²) in [5.41, 5.74) is -2.84. The fourth-order valence-electron chi connectivity index (χ4n) is 2.25. The predicted octanol–water partition coefficient (Wildman–Crippen LogP) is 0.0542. The Labute approximate surface area is 81.6 Å². The summed E-state index contributed by atoms with van der Waals surface area (Å²) in [5, 5.41) is 8.86. The van der Waals surface area contributed by atoms with Crippen LogP contribution in [0.25, 0.3) is 0 Å².